The van der Waals surface area contributed by atoms with Crippen molar-refractivity contribution in [2.75, 3.05) is 6.61 Å². The summed E-state index contributed by atoms with van der Waals surface area (Å²) in [5.74, 6) is -1.37. The number of phosphoric ester groups is 1. The predicted octanol–water partition coefficient (Wildman–Crippen LogP) is -0.674. The average molecular weight is 435 g/mol. The van der Waals surface area contributed by atoms with Crippen molar-refractivity contribution in [2.45, 2.75) is 24.6 Å². The predicted molar refractivity (Wildman–Crippen MR) is 81.7 cm³/mol. The van der Waals surface area contributed by atoms with Crippen LogP contribution in [0.5, 0.6) is 0 Å². The molecule has 1 heterocycles. The van der Waals surface area contributed by atoms with Crippen molar-refractivity contribution < 1.29 is 65.1 Å². The van der Waals surface area contributed by atoms with Gasteiger partial charge < -0.3 is 33.5 Å². The minimum atomic E-state index is -5.62. The SMILES string of the molecule is [B]C1CC(OC(=O)[B]F)C(COP(=O)(O)OP(=O)(O)OP(=O)(O)[B]O)O1. The second-order valence-corrected chi connectivity index (χ2v) is 9.41. The normalized spacial score (nSPS) is 29.8. The van der Waals surface area contributed by atoms with Gasteiger partial charge in [-0.15, -0.1) is 0 Å². The van der Waals surface area contributed by atoms with E-state index in [9.17, 15) is 27.7 Å². The first-order valence-corrected chi connectivity index (χ1v) is 11.0. The van der Waals surface area contributed by atoms with Gasteiger partial charge in [0.2, 0.25) is 0 Å². The van der Waals surface area contributed by atoms with E-state index in [1.165, 1.54) is 0 Å². The fourth-order valence-corrected chi connectivity index (χ4v) is 5.01. The van der Waals surface area contributed by atoms with Crippen molar-refractivity contribution in [3.05, 3.63) is 0 Å². The molecule has 0 amide bonds. The summed E-state index contributed by atoms with van der Waals surface area (Å²) in [6, 6.07) is -0.979. The molecule has 1 aliphatic heterocycles. The lowest BCUT2D eigenvalue weighted by Crippen LogP contribution is -2.31. The van der Waals surface area contributed by atoms with Crippen LogP contribution in [0.1, 0.15) is 6.42 Å². The molecule has 6 unspecified atom stereocenters. The molecule has 1 saturated heterocycles. The molecule has 1 rings (SSSR count). The Balaban J connectivity index is 2.66. The Morgan fingerprint density at radius 1 is 1.23 bits per heavy atom. The molecule has 20 heteroatoms. The maximum absolute atomic E-state index is 12.0. The van der Waals surface area contributed by atoms with E-state index in [1.807, 2.05) is 0 Å². The lowest BCUT2D eigenvalue weighted by molar-refractivity contribution is -0.00677. The number of rotatable bonds is 10. The largest absolute Gasteiger partial charge is 0.491 e. The van der Waals surface area contributed by atoms with Gasteiger partial charge in [0.1, 0.15) is 20.1 Å². The quantitative estimate of drug-likeness (QED) is 0.249. The minimum Gasteiger partial charge on any atom is -0.465 e. The minimum absolute atomic E-state index is 0.105. The molecule has 4 radical (unpaired) electrons. The standard InChI is InChI=1S/C6H11B3FO13P3/c7-5-1-3(21-6(11)8-10)4(20-5)2-19-25(15,16)23-26(17,18)22-24(13,14)9-12/h3-5,12H,1-2H2,(H,13,14)(H,15,16)(H,17,18). The lowest BCUT2D eigenvalue weighted by Gasteiger charge is -2.21. The number of hydrogen-bond acceptors (Lipinski definition) is 10. The summed E-state index contributed by atoms with van der Waals surface area (Å²) >= 11 is 0. The molecule has 26 heavy (non-hydrogen) atoms. The highest BCUT2D eigenvalue weighted by molar-refractivity contribution is 7.85. The van der Waals surface area contributed by atoms with E-state index in [-0.39, 0.29) is 14.0 Å². The molecule has 6 atom stereocenters. The van der Waals surface area contributed by atoms with Crippen LogP contribution in [0, 0.1) is 0 Å². The summed E-state index contributed by atoms with van der Waals surface area (Å²) in [6.45, 7) is -0.866. The van der Waals surface area contributed by atoms with Crippen molar-refractivity contribution in [1.29, 1.82) is 0 Å². The first kappa shape index (κ1) is 24.0. The molecule has 1 fully saturated rings. The second-order valence-electron chi connectivity index (χ2n) is 4.61. The Kier molecular flexibility index (Phi) is 8.72. The molecule has 13 nitrogen and oxygen atoms in total. The lowest BCUT2D eigenvalue weighted by atomic mass is 9.96. The van der Waals surface area contributed by atoms with E-state index in [1.54, 1.807) is 0 Å². The fourth-order valence-electron chi connectivity index (χ4n) is 1.70. The van der Waals surface area contributed by atoms with Gasteiger partial charge >= 0.3 is 37.9 Å². The molecule has 0 aromatic carbocycles. The third-order valence-electron chi connectivity index (χ3n) is 2.56. The summed E-state index contributed by atoms with van der Waals surface area (Å²) in [6.07, 6.45) is -2.53. The molecule has 0 aromatic heterocycles. The van der Waals surface area contributed by atoms with Crippen LogP contribution in [0.15, 0.2) is 0 Å². The van der Waals surface area contributed by atoms with Crippen LogP contribution in [-0.4, -0.2) is 73.0 Å². The van der Waals surface area contributed by atoms with Gasteiger partial charge in [0, 0.05) is 12.4 Å². The van der Waals surface area contributed by atoms with Crippen molar-refractivity contribution in [3.63, 3.8) is 0 Å². The van der Waals surface area contributed by atoms with Crippen LogP contribution in [0.2, 0.25) is 0 Å². The van der Waals surface area contributed by atoms with Gasteiger partial charge in [-0.2, -0.15) is 4.31 Å². The van der Waals surface area contributed by atoms with Crippen LogP contribution in [0.3, 0.4) is 0 Å². The summed E-state index contributed by atoms with van der Waals surface area (Å²) in [4.78, 5) is 38.2. The highest BCUT2D eigenvalue weighted by Crippen LogP contribution is 2.66. The molecule has 0 spiro atoms. The summed E-state index contributed by atoms with van der Waals surface area (Å²) < 4.78 is 67.3. The van der Waals surface area contributed by atoms with E-state index >= 15 is 0 Å². The molecular formula is C6H11B3FO13P3. The zero-order valence-corrected chi connectivity index (χ0v) is 15.2. The maximum Gasteiger partial charge on any atom is 0.491 e. The highest BCUT2D eigenvalue weighted by Gasteiger charge is 2.43. The Hall–Kier alpha value is -0.0352. The number of carbonyl (C=O) groups excluding carboxylic acids is 1. The average Bonchev–Trinajstić information content (AvgIpc) is 2.82. The Bertz CT molecular complexity index is 649. The first-order chi connectivity index (χ1) is 11.8. The maximum atomic E-state index is 12.0. The zero-order valence-electron chi connectivity index (χ0n) is 12.6. The van der Waals surface area contributed by atoms with Gasteiger partial charge in [-0.25, -0.2) is 13.4 Å². The van der Waals surface area contributed by atoms with Gasteiger partial charge in [0.25, 0.3) is 5.87 Å². The zero-order chi connectivity index (χ0) is 20.2. The molecular weight excluding hydrogens is 424 g/mol. The van der Waals surface area contributed by atoms with E-state index in [2.05, 4.69) is 17.9 Å². The molecule has 0 aliphatic carbocycles. The number of halogens is 1. The van der Waals surface area contributed by atoms with Gasteiger partial charge in [0.15, 0.2) is 0 Å². The summed E-state index contributed by atoms with van der Waals surface area (Å²) in [5.41, 5.74) is 0. The number of carbonyl (C=O) groups is 1. The van der Waals surface area contributed by atoms with Crippen LogP contribution < -0.4 is 0 Å². The van der Waals surface area contributed by atoms with E-state index in [0.717, 1.165) is 0 Å². The van der Waals surface area contributed by atoms with Gasteiger partial charge in [-0.1, -0.05) is 0 Å². The molecule has 0 aromatic rings. The number of phosphoric acid groups is 2. The van der Waals surface area contributed by atoms with E-state index in [0.29, 0.717) is 0 Å². The number of ether oxygens (including phenoxy) is 2. The summed E-state index contributed by atoms with van der Waals surface area (Å²) in [5, 5.41) is 8.34. The van der Waals surface area contributed by atoms with Crippen molar-refractivity contribution in [1.82, 2.24) is 0 Å². The smallest absolute Gasteiger partial charge is 0.465 e. The van der Waals surface area contributed by atoms with Crippen molar-refractivity contribution in [3.8, 4) is 0 Å². The number of hydrogen-bond donors (Lipinski definition) is 4. The topological polar surface area (TPSA) is 195 Å². The first-order valence-electron chi connectivity index (χ1n) is 6.38. The van der Waals surface area contributed by atoms with Gasteiger partial charge in [0.05, 0.1) is 6.61 Å². The van der Waals surface area contributed by atoms with Gasteiger partial charge in [-0.3, -0.25) is 13.9 Å². The summed E-state index contributed by atoms with van der Waals surface area (Å²) in [7, 11) is -11.5. The van der Waals surface area contributed by atoms with E-state index < -0.39 is 61.0 Å². The highest BCUT2D eigenvalue weighted by atomic mass is 31.3. The molecule has 0 saturated carbocycles. The Morgan fingerprint density at radius 2 is 1.85 bits per heavy atom. The molecule has 4 N–H and O–H groups in total. The van der Waals surface area contributed by atoms with Crippen LogP contribution >= 0.6 is 23.1 Å². The van der Waals surface area contributed by atoms with Crippen LogP contribution in [0.25, 0.3) is 0 Å². The van der Waals surface area contributed by atoms with Crippen LogP contribution in [0.4, 0.5) is 9.11 Å². The molecule has 1 aliphatic rings. The fraction of sp³-hybridized carbons (Fsp3) is 0.833. The van der Waals surface area contributed by atoms with E-state index in [4.69, 9.17) is 27.4 Å². The Labute approximate surface area is 148 Å². The van der Waals surface area contributed by atoms with Crippen LogP contribution in [-0.2, 0) is 36.3 Å². The second kappa shape index (κ2) is 9.44. The molecule has 0 bridgehead atoms. The van der Waals surface area contributed by atoms with Crippen molar-refractivity contribution >= 4 is 51.6 Å². The third kappa shape index (κ3) is 8.32. The van der Waals surface area contributed by atoms with Gasteiger partial charge in [-0.05, 0) is 0 Å². The monoisotopic (exact) mass is 436 g/mol. The Morgan fingerprint density at radius 3 is 2.38 bits per heavy atom. The molecule has 144 valence electrons. The van der Waals surface area contributed by atoms with Crippen molar-refractivity contribution in [2.24, 2.45) is 0 Å². The third-order valence-corrected chi connectivity index (χ3v) is 6.74.